The minimum absolute atomic E-state index is 0.333. The molecule has 150 valence electrons. The van der Waals surface area contributed by atoms with Crippen LogP contribution in [0.5, 0.6) is 0 Å². The Bertz CT molecular complexity index is 864. The molecule has 3 amide bonds. The normalized spacial score (nSPS) is 16.2. The van der Waals surface area contributed by atoms with Crippen molar-refractivity contribution >= 4 is 34.2 Å². The monoisotopic (exact) mass is 402 g/mol. The van der Waals surface area contributed by atoms with E-state index in [0.717, 1.165) is 41.5 Å². The molecule has 2 aromatic rings. The van der Waals surface area contributed by atoms with E-state index < -0.39 is 11.9 Å². The molecule has 0 unspecified atom stereocenters. The number of anilines is 2. The van der Waals surface area contributed by atoms with Gasteiger partial charge in [0.15, 0.2) is 5.13 Å². The van der Waals surface area contributed by atoms with Crippen molar-refractivity contribution in [2.45, 2.75) is 39.7 Å². The summed E-state index contributed by atoms with van der Waals surface area (Å²) in [7, 11) is 0. The minimum atomic E-state index is -0.544. The highest BCUT2D eigenvalue weighted by atomic mass is 32.1. The van der Waals surface area contributed by atoms with Crippen LogP contribution in [0.15, 0.2) is 18.3 Å². The Kier molecular flexibility index (Phi) is 6.13. The second-order valence-electron chi connectivity index (χ2n) is 6.69. The third-order valence-corrected chi connectivity index (χ3v) is 6.07. The molecule has 0 aromatic carbocycles. The van der Waals surface area contributed by atoms with Crippen LogP contribution < -0.4 is 16.0 Å². The van der Waals surface area contributed by atoms with E-state index >= 15 is 0 Å². The molecule has 8 nitrogen and oxygen atoms in total. The number of rotatable bonds is 6. The van der Waals surface area contributed by atoms with Gasteiger partial charge in [-0.25, -0.2) is 14.8 Å². The third-order valence-electron chi connectivity index (χ3n) is 4.95. The van der Waals surface area contributed by atoms with Crippen LogP contribution in [0.3, 0.4) is 0 Å². The fourth-order valence-corrected chi connectivity index (χ4v) is 4.42. The highest BCUT2D eigenvalue weighted by Crippen LogP contribution is 2.34. The summed E-state index contributed by atoms with van der Waals surface area (Å²) in [5, 5.41) is 3.33. The number of thiazole rings is 1. The summed E-state index contributed by atoms with van der Waals surface area (Å²) >= 11 is 1.41. The van der Waals surface area contributed by atoms with Crippen LogP contribution >= 0.6 is 11.3 Å². The number of hydrogen-bond acceptors (Lipinski definition) is 6. The molecule has 1 aliphatic rings. The molecular weight excluding hydrogens is 376 g/mol. The molecule has 3 N–H and O–H groups in total. The minimum Gasteiger partial charge on any atom is -0.368 e. The average molecular weight is 403 g/mol. The Balaban J connectivity index is 1.79. The number of hydrogen-bond donors (Lipinski definition) is 2. The lowest BCUT2D eigenvalue weighted by molar-refractivity contribution is -0.121. The van der Waals surface area contributed by atoms with Gasteiger partial charge in [-0.15, -0.1) is 0 Å². The number of carbonyl (C=O) groups is 2. The van der Waals surface area contributed by atoms with Crippen LogP contribution in [-0.4, -0.2) is 52.5 Å². The average Bonchev–Trinajstić information content (AvgIpc) is 3.30. The zero-order chi connectivity index (χ0) is 20.3. The van der Waals surface area contributed by atoms with Crippen molar-refractivity contribution in [1.29, 1.82) is 0 Å². The molecule has 0 radical (unpaired) electrons. The van der Waals surface area contributed by atoms with Crippen LogP contribution in [0.2, 0.25) is 0 Å². The summed E-state index contributed by atoms with van der Waals surface area (Å²) < 4.78 is 0. The number of nitrogens with zero attached hydrogens (tertiary/aromatic N) is 4. The number of nitrogens with one attached hydrogen (secondary N) is 1. The third kappa shape index (κ3) is 4.09. The largest absolute Gasteiger partial charge is 0.368 e. The van der Waals surface area contributed by atoms with Gasteiger partial charge in [0, 0.05) is 25.8 Å². The zero-order valence-corrected chi connectivity index (χ0v) is 17.3. The lowest BCUT2D eigenvalue weighted by Gasteiger charge is -2.21. The number of aryl methyl sites for hydroxylation is 1. The van der Waals surface area contributed by atoms with Crippen molar-refractivity contribution in [3.8, 4) is 10.4 Å². The van der Waals surface area contributed by atoms with E-state index in [2.05, 4.69) is 34.0 Å². The Labute approximate surface area is 168 Å². The lowest BCUT2D eigenvalue weighted by atomic mass is 10.2. The van der Waals surface area contributed by atoms with Gasteiger partial charge in [-0.05, 0) is 51.3 Å². The fourth-order valence-electron chi connectivity index (χ4n) is 3.47. The van der Waals surface area contributed by atoms with Crippen LogP contribution in [0.25, 0.3) is 10.4 Å². The molecule has 0 spiro atoms. The Hall–Kier alpha value is -2.68. The number of carbonyl (C=O) groups excluding carboxylic acids is 2. The molecule has 0 aliphatic carbocycles. The van der Waals surface area contributed by atoms with Crippen molar-refractivity contribution in [3.05, 3.63) is 24.0 Å². The molecule has 3 rings (SSSR count). The van der Waals surface area contributed by atoms with Crippen molar-refractivity contribution in [2.75, 3.05) is 29.9 Å². The van der Waals surface area contributed by atoms with Gasteiger partial charge < -0.3 is 15.5 Å². The quantitative estimate of drug-likeness (QED) is 0.773. The molecule has 2 aromatic heterocycles. The molecule has 0 bridgehead atoms. The van der Waals surface area contributed by atoms with Crippen molar-refractivity contribution < 1.29 is 9.59 Å². The number of primary amides is 1. The second-order valence-corrected chi connectivity index (χ2v) is 7.69. The van der Waals surface area contributed by atoms with Crippen LogP contribution in [0.1, 0.15) is 32.4 Å². The summed E-state index contributed by atoms with van der Waals surface area (Å²) in [6.07, 6.45) is 3.17. The molecule has 1 saturated heterocycles. The zero-order valence-electron chi connectivity index (χ0n) is 16.4. The van der Waals surface area contributed by atoms with Gasteiger partial charge in [-0.2, -0.15) is 0 Å². The maximum atomic E-state index is 12.6. The molecule has 9 heteroatoms. The first-order valence-corrected chi connectivity index (χ1v) is 10.3. The Morgan fingerprint density at radius 3 is 2.82 bits per heavy atom. The summed E-state index contributed by atoms with van der Waals surface area (Å²) in [5.41, 5.74) is 7.26. The van der Waals surface area contributed by atoms with Crippen molar-refractivity contribution in [1.82, 2.24) is 14.9 Å². The number of urea groups is 1. The standard InChI is InChI=1S/C19H26N6O2S/c1-4-24(5-2)15-11-13(8-9-21-15)16-12(3)22-18(28-16)23-19(27)25-10-6-7-14(25)17(20)26/h8-9,11,14H,4-7,10H2,1-3H3,(H2,20,26)(H,22,23,27)/t14-/m0/s1. The summed E-state index contributed by atoms with van der Waals surface area (Å²) in [6, 6.07) is 3.11. The van der Waals surface area contributed by atoms with E-state index in [1.54, 1.807) is 6.20 Å². The number of likely N-dealkylation sites (tertiary alicyclic amines) is 1. The van der Waals surface area contributed by atoms with Crippen molar-refractivity contribution in [3.63, 3.8) is 0 Å². The second kappa shape index (κ2) is 8.55. The topological polar surface area (TPSA) is 104 Å². The van der Waals surface area contributed by atoms with Gasteiger partial charge >= 0.3 is 6.03 Å². The maximum Gasteiger partial charge on any atom is 0.324 e. The van der Waals surface area contributed by atoms with Gasteiger partial charge in [0.1, 0.15) is 11.9 Å². The lowest BCUT2D eigenvalue weighted by Crippen LogP contribution is -2.45. The molecule has 28 heavy (non-hydrogen) atoms. The number of pyridine rings is 1. The highest BCUT2D eigenvalue weighted by molar-refractivity contribution is 7.19. The first-order chi connectivity index (χ1) is 13.4. The van der Waals surface area contributed by atoms with Gasteiger partial charge in [0.25, 0.3) is 0 Å². The van der Waals surface area contributed by atoms with Crippen LogP contribution in [0, 0.1) is 6.92 Å². The van der Waals surface area contributed by atoms with E-state index in [1.807, 2.05) is 19.1 Å². The molecule has 1 fully saturated rings. The number of amides is 3. The Morgan fingerprint density at radius 1 is 1.39 bits per heavy atom. The van der Waals surface area contributed by atoms with E-state index in [1.165, 1.54) is 16.2 Å². The molecule has 1 aliphatic heterocycles. The molecule has 1 atom stereocenters. The fraction of sp³-hybridized carbons (Fsp3) is 0.474. The van der Waals surface area contributed by atoms with Crippen LogP contribution in [0.4, 0.5) is 15.7 Å². The van der Waals surface area contributed by atoms with E-state index in [4.69, 9.17) is 5.73 Å². The summed E-state index contributed by atoms with van der Waals surface area (Å²) in [4.78, 5) is 37.7. The summed E-state index contributed by atoms with van der Waals surface area (Å²) in [5.74, 6) is 0.451. The predicted molar refractivity (Wildman–Crippen MR) is 112 cm³/mol. The Morgan fingerprint density at radius 2 is 2.14 bits per heavy atom. The first kappa shape index (κ1) is 20.1. The number of aromatic nitrogens is 2. The van der Waals surface area contributed by atoms with Gasteiger partial charge in [-0.1, -0.05) is 11.3 Å². The molecule has 0 saturated carbocycles. The van der Waals surface area contributed by atoms with Gasteiger partial charge in [-0.3, -0.25) is 10.1 Å². The maximum absolute atomic E-state index is 12.6. The summed E-state index contributed by atoms with van der Waals surface area (Å²) in [6.45, 7) is 8.40. The van der Waals surface area contributed by atoms with E-state index in [9.17, 15) is 9.59 Å². The van der Waals surface area contributed by atoms with Gasteiger partial charge in [0.2, 0.25) is 5.91 Å². The first-order valence-electron chi connectivity index (χ1n) is 9.50. The van der Waals surface area contributed by atoms with Gasteiger partial charge in [0.05, 0.1) is 10.6 Å². The smallest absolute Gasteiger partial charge is 0.324 e. The van der Waals surface area contributed by atoms with Crippen molar-refractivity contribution in [2.24, 2.45) is 5.73 Å². The van der Waals surface area contributed by atoms with E-state index in [0.29, 0.717) is 18.1 Å². The highest BCUT2D eigenvalue weighted by Gasteiger charge is 2.33. The van der Waals surface area contributed by atoms with Crippen LogP contribution in [-0.2, 0) is 4.79 Å². The number of nitrogens with two attached hydrogens (primary N) is 1. The SMILES string of the molecule is CCN(CC)c1cc(-c2sc(NC(=O)N3CCC[C@H]3C(N)=O)nc2C)ccn1. The molecule has 3 heterocycles. The van der Waals surface area contributed by atoms with E-state index in [-0.39, 0.29) is 6.03 Å². The predicted octanol–water partition coefficient (Wildman–Crippen LogP) is 2.84. The molecular formula is C19H26N6O2S.